The molecule has 2 aromatic rings. The van der Waals surface area contributed by atoms with Crippen molar-refractivity contribution >= 4 is 23.2 Å². The highest BCUT2D eigenvalue weighted by molar-refractivity contribution is 5.78. The van der Waals surface area contributed by atoms with E-state index < -0.39 is 0 Å². The molecular formula is C12H15N5O2+2. The molecule has 0 radical (unpaired) electrons. The van der Waals surface area contributed by atoms with E-state index in [0.717, 1.165) is 13.1 Å². The van der Waals surface area contributed by atoms with E-state index in [1.165, 1.54) is 0 Å². The molecule has 0 aromatic carbocycles. The van der Waals surface area contributed by atoms with E-state index in [9.17, 15) is 10.1 Å². The maximum absolute atomic E-state index is 11.4. The van der Waals surface area contributed by atoms with Gasteiger partial charge in [-0.05, 0) is 12.1 Å². The van der Waals surface area contributed by atoms with Crippen molar-refractivity contribution in [3.63, 3.8) is 0 Å². The molecule has 98 valence electrons. The molecule has 0 aliphatic carbocycles. The number of hydrogen-bond acceptors (Lipinski definition) is 3. The largest absolute Gasteiger partial charge is 0.385 e. The van der Waals surface area contributed by atoms with Crippen molar-refractivity contribution in [3.8, 4) is 0 Å². The van der Waals surface area contributed by atoms with Crippen molar-refractivity contribution in [2.75, 3.05) is 31.6 Å². The van der Waals surface area contributed by atoms with Gasteiger partial charge in [0.15, 0.2) is 18.3 Å². The molecule has 0 amide bonds. The number of nitrogens with zero attached hydrogens (tertiary/aromatic N) is 5. The van der Waals surface area contributed by atoms with E-state index >= 15 is 0 Å². The Labute approximate surface area is 109 Å². The Bertz CT molecular complexity index is 676. The van der Waals surface area contributed by atoms with Crippen LogP contribution >= 0.6 is 0 Å². The maximum atomic E-state index is 11.4. The fourth-order valence-electron chi connectivity index (χ4n) is 2.26. The third-order valence-electron chi connectivity index (χ3n) is 3.32. The zero-order chi connectivity index (χ0) is 13.4. The predicted octanol–water partition coefficient (Wildman–Crippen LogP) is 0.667. The highest BCUT2D eigenvalue weighted by Crippen LogP contribution is 2.31. The van der Waals surface area contributed by atoms with Crippen LogP contribution in [0.1, 0.15) is 0 Å². The molecule has 1 aliphatic heterocycles. The monoisotopic (exact) mass is 261 g/mol. The van der Waals surface area contributed by atoms with Gasteiger partial charge in [-0.2, -0.15) is 0 Å². The summed E-state index contributed by atoms with van der Waals surface area (Å²) < 4.78 is 3.70. The first-order chi connectivity index (χ1) is 9.16. The number of aromatic nitrogens is 2. The highest BCUT2D eigenvalue weighted by Gasteiger charge is 2.32. The van der Waals surface area contributed by atoms with Crippen molar-refractivity contribution in [2.24, 2.45) is 0 Å². The maximum Gasteiger partial charge on any atom is 0.385 e. The minimum atomic E-state index is -0.101. The van der Waals surface area contributed by atoms with Gasteiger partial charge in [-0.15, -0.1) is 5.10 Å². The van der Waals surface area contributed by atoms with Crippen LogP contribution in [0.2, 0.25) is 0 Å². The van der Waals surface area contributed by atoms with E-state index in [0.29, 0.717) is 17.9 Å². The molecule has 3 rings (SSSR count). The molecule has 7 nitrogen and oxygen atoms in total. The van der Waals surface area contributed by atoms with Crippen LogP contribution in [0.4, 0.5) is 11.5 Å². The Balaban J connectivity index is 2.12. The number of fused-ring (bicyclic) bond motifs is 1. The molecule has 0 saturated carbocycles. The normalized spacial score (nSPS) is 15.6. The zero-order valence-electron chi connectivity index (χ0n) is 10.6. The summed E-state index contributed by atoms with van der Waals surface area (Å²) in [5.74, 6) is 0.507. The Hall–Kier alpha value is -2.44. The molecule has 7 heteroatoms. The molecule has 0 fully saturated rings. The Morgan fingerprint density at radius 3 is 3.00 bits per heavy atom. The molecule has 19 heavy (non-hydrogen) atoms. The van der Waals surface area contributed by atoms with E-state index in [1.54, 1.807) is 16.8 Å². The molecule has 0 atom stereocenters. The van der Waals surface area contributed by atoms with Crippen molar-refractivity contribution in [3.05, 3.63) is 29.3 Å². The lowest BCUT2D eigenvalue weighted by Gasteiger charge is -2.20. The van der Waals surface area contributed by atoms with Gasteiger partial charge in [-0.25, -0.2) is 14.3 Å². The van der Waals surface area contributed by atoms with Crippen molar-refractivity contribution in [2.45, 2.75) is 0 Å². The summed E-state index contributed by atoms with van der Waals surface area (Å²) in [7, 11) is 2.01. The van der Waals surface area contributed by atoms with Crippen molar-refractivity contribution < 1.29 is 14.7 Å². The SMILES string of the molecule is C[N+]1=CCN(c2nn3ccccc3c2[N+](=O)O)CC1. The van der Waals surface area contributed by atoms with E-state index in [4.69, 9.17) is 0 Å². The summed E-state index contributed by atoms with van der Waals surface area (Å²) in [5, 5.41) is 13.7. The summed E-state index contributed by atoms with van der Waals surface area (Å²) in [6, 6.07) is 5.40. The van der Waals surface area contributed by atoms with Crippen LogP contribution in [-0.2, 0) is 0 Å². The molecule has 3 heterocycles. The van der Waals surface area contributed by atoms with Gasteiger partial charge in [0.05, 0.1) is 18.0 Å². The standard InChI is InChI=1S/C12H15N5O2/c1-14-6-8-15(9-7-14)12-11(17(18)19)10-4-2-3-5-16(10)13-12/h2-6H,7-9H2,1H3,(H,18,19)/q+2. The summed E-state index contributed by atoms with van der Waals surface area (Å²) in [6.45, 7) is 2.29. The number of rotatable bonds is 2. The Morgan fingerprint density at radius 1 is 1.47 bits per heavy atom. The van der Waals surface area contributed by atoms with E-state index in [1.807, 2.05) is 30.3 Å². The second-order valence-corrected chi connectivity index (χ2v) is 4.58. The van der Waals surface area contributed by atoms with Crippen LogP contribution in [0.15, 0.2) is 24.4 Å². The van der Waals surface area contributed by atoms with Crippen LogP contribution < -0.4 is 4.90 Å². The zero-order valence-corrected chi connectivity index (χ0v) is 10.6. The quantitative estimate of drug-likeness (QED) is 0.637. The molecule has 1 N–H and O–H groups in total. The van der Waals surface area contributed by atoms with Gasteiger partial charge in [0.1, 0.15) is 7.05 Å². The lowest BCUT2D eigenvalue weighted by molar-refractivity contribution is -0.728. The fraction of sp³-hybridized carbons (Fsp3) is 0.333. The van der Waals surface area contributed by atoms with Gasteiger partial charge in [-0.3, -0.25) is 0 Å². The first-order valence-electron chi connectivity index (χ1n) is 6.09. The van der Waals surface area contributed by atoms with E-state index in [2.05, 4.69) is 9.67 Å². The van der Waals surface area contributed by atoms with Gasteiger partial charge in [-0.1, -0.05) is 6.07 Å². The molecular weight excluding hydrogens is 246 g/mol. The molecule has 0 bridgehead atoms. The fourth-order valence-corrected chi connectivity index (χ4v) is 2.26. The number of hydrogen-bond donors (Lipinski definition) is 1. The average molecular weight is 261 g/mol. The number of pyridine rings is 1. The highest BCUT2D eigenvalue weighted by atomic mass is 16.6. The summed E-state index contributed by atoms with van der Waals surface area (Å²) >= 11 is 0. The number of anilines is 1. The van der Waals surface area contributed by atoms with Crippen molar-refractivity contribution in [1.29, 1.82) is 0 Å². The van der Waals surface area contributed by atoms with Gasteiger partial charge >= 0.3 is 5.69 Å². The summed E-state index contributed by atoms with van der Waals surface area (Å²) in [6.07, 6.45) is 3.79. The Kier molecular flexibility index (Phi) is 2.66. The van der Waals surface area contributed by atoms with Crippen LogP contribution in [0.3, 0.4) is 0 Å². The van der Waals surface area contributed by atoms with Crippen LogP contribution in [0.5, 0.6) is 0 Å². The molecule has 2 aromatic heterocycles. The second kappa shape index (κ2) is 4.34. The van der Waals surface area contributed by atoms with Crippen LogP contribution in [0.25, 0.3) is 5.52 Å². The Morgan fingerprint density at radius 2 is 2.32 bits per heavy atom. The van der Waals surface area contributed by atoms with Gasteiger partial charge in [0, 0.05) is 6.20 Å². The van der Waals surface area contributed by atoms with Crippen molar-refractivity contribution in [1.82, 2.24) is 9.61 Å². The van der Waals surface area contributed by atoms with Crippen LogP contribution in [0, 0.1) is 4.91 Å². The summed E-state index contributed by atoms with van der Waals surface area (Å²) in [5.41, 5.74) is 0.785. The smallest absolute Gasteiger partial charge is 0.333 e. The van der Waals surface area contributed by atoms with Gasteiger partial charge in [0.2, 0.25) is 5.82 Å². The molecule has 0 unspecified atom stereocenters. The predicted molar refractivity (Wildman–Crippen MR) is 69.6 cm³/mol. The topological polar surface area (TPSA) is 63.9 Å². The molecule has 1 aliphatic rings. The minimum Gasteiger partial charge on any atom is -0.333 e. The van der Waals surface area contributed by atoms with Crippen LogP contribution in [-0.4, -0.2) is 57.2 Å². The molecule has 0 spiro atoms. The average Bonchev–Trinajstić information content (AvgIpc) is 2.78. The van der Waals surface area contributed by atoms with E-state index in [-0.39, 0.29) is 10.6 Å². The first-order valence-corrected chi connectivity index (χ1v) is 6.09. The third kappa shape index (κ3) is 1.92. The summed E-state index contributed by atoms with van der Waals surface area (Å²) in [4.78, 5) is 13.3. The second-order valence-electron chi connectivity index (χ2n) is 4.58. The molecule has 0 saturated heterocycles. The lowest BCUT2D eigenvalue weighted by atomic mass is 10.3. The lowest BCUT2D eigenvalue weighted by Crippen LogP contribution is -2.38. The number of likely N-dealkylation sites (N-methyl/N-ethyl adjacent to an activating group) is 1. The van der Waals surface area contributed by atoms with Gasteiger partial charge in [0.25, 0.3) is 4.92 Å². The third-order valence-corrected chi connectivity index (χ3v) is 3.32. The minimum absolute atomic E-state index is 0.101. The first kappa shape index (κ1) is 11.6. The van der Waals surface area contributed by atoms with Gasteiger partial charge < -0.3 is 4.90 Å².